The van der Waals surface area contributed by atoms with Crippen LogP contribution >= 0.6 is 11.3 Å². The quantitative estimate of drug-likeness (QED) is 0.237. The number of nitrogens with zero attached hydrogens (tertiary/aromatic N) is 3. The third kappa shape index (κ3) is 4.35. The molecule has 0 fully saturated rings. The number of ether oxygens (including phenoxy) is 1. The zero-order valence-electron chi connectivity index (χ0n) is 17.4. The van der Waals surface area contributed by atoms with Gasteiger partial charge >= 0.3 is 5.69 Å². The van der Waals surface area contributed by atoms with Crippen molar-refractivity contribution in [2.24, 2.45) is 0 Å². The number of fused-ring (bicyclic) bond motifs is 1. The summed E-state index contributed by atoms with van der Waals surface area (Å²) in [4.78, 5) is 32.0. The maximum absolute atomic E-state index is 13.1. The van der Waals surface area contributed by atoms with Crippen LogP contribution in [0, 0.1) is 41.1 Å². The largest absolute Gasteiger partial charge is 0.450 e. The minimum absolute atomic E-state index is 0.0409. The van der Waals surface area contributed by atoms with Gasteiger partial charge in [-0.3, -0.25) is 14.9 Å². The summed E-state index contributed by atoms with van der Waals surface area (Å²) >= 11 is 1.35. The maximum Gasteiger partial charge on any atom is 0.312 e. The summed E-state index contributed by atoms with van der Waals surface area (Å²) in [5.74, 6) is -0.193. The predicted octanol–water partition coefficient (Wildman–Crippen LogP) is 5.51. The molecular formula is C23H15FN4O4S. The van der Waals surface area contributed by atoms with Gasteiger partial charge < -0.3 is 9.72 Å². The molecule has 0 saturated carbocycles. The first kappa shape index (κ1) is 21.9. The predicted molar refractivity (Wildman–Crippen MR) is 123 cm³/mol. The number of hydrogen-bond acceptors (Lipinski definition) is 7. The number of H-pyrrole nitrogens is 1. The van der Waals surface area contributed by atoms with Gasteiger partial charge in [0.1, 0.15) is 22.5 Å². The number of aryl methyl sites for hydroxylation is 2. The SMILES string of the molecule is Cc1sc2nc(/C(C#N)=C\c3ccc(Oc4ccc(F)cc4)c([N+](=O)[O-])c3)[nH]c(=O)c2c1C. The van der Waals surface area contributed by atoms with Crippen molar-refractivity contribution < 1.29 is 14.1 Å². The molecule has 4 aromatic rings. The number of aromatic nitrogens is 2. The standard InChI is InChI=1S/C23H15FN4O4S/c1-12-13(2)33-23-20(12)22(29)26-21(27-23)15(11-25)9-14-3-8-19(18(10-14)28(30)31)32-17-6-4-16(24)5-7-17/h3-10H,1-2H3,(H,26,27,29)/b15-9-. The van der Waals surface area contributed by atoms with E-state index in [1.807, 2.05) is 19.9 Å². The van der Waals surface area contributed by atoms with E-state index < -0.39 is 10.7 Å². The van der Waals surface area contributed by atoms with Gasteiger partial charge in [0.05, 0.1) is 15.9 Å². The van der Waals surface area contributed by atoms with E-state index in [4.69, 9.17) is 4.74 Å². The first-order chi connectivity index (χ1) is 15.8. The Hall–Kier alpha value is -4.36. The van der Waals surface area contributed by atoms with E-state index in [0.717, 1.165) is 10.4 Å². The molecular weight excluding hydrogens is 447 g/mol. The van der Waals surface area contributed by atoms with Crippen LogP contribution in [0.5, 0.6) is 11.5 Å². The van der Waals surface area contributed by atoms with Crippen LogP contribution in [0.25, 0.3) is 21.9 Å². The molecule has 0 unspecified atom stereocenters. The van der Waals surface area contributed by atoms with Crippen molar-refractivity contribution in [1.82, 2.24) is 9.97 Å². The lowest BCUT2D eigenvalue weighted by Gasteiger charge is -2.07. The summed E-state index contributed by atoms with van der Waals surface area (Å²) < 4.78 is 18.6. The lowest BCUT2D eigenvalue weighted by atomic mass is 10.1. The molecule has 164 valence electrons. The Labute approximate surface area is 190 Å². The Morgan fingerprint density at radius 2 is 2.00 bits per heavy atom. The van der Waals surface area contributed by atoms with Crippen molar-refractivity contribution in [1.29, 1.82) is 5.26 Å². The Morgan fingerprint density at radius 3 is 2.67 bits per heavy atom. The van der Waals surface area contributed by atoms with E-state index in [0.29, 0.717) is 15.8 Å². The Morgan fingerprint density at radius 1 is 1.27 bits per heavy atom. The van der Waals surface area contributed by atoms with Gasteiger partial charge in [-0.15, -0.1) is 11.3 Å². The second-order valence-corrected chi connectivity index (χ2v) is 8.29. The van der Waals surface area contributed by atoms with Gasteiger partial charge in [-0.1, -0.05) is 6.07 Å². The minimum Gasteiger partial charge on any atom is -0.450 e. The number of nitro groups is 1. The molecule has 33 heavy (non-hydrogen) atoms. The Bertz CT molecular complexity index is 1530. The number of allylic oxidation sites excluding steroid dienone is 1. The van der Waals surface area contributed by atoms with E-state index >= 15 is 0 Å². The van der Waals surface area contributed by atoms with Crippen molar-refractivity contribution in [2.75, 3.05) is 0 Å². The van der Waals surface area contributed by atoms with Gasteiger partial charge in [-0.2, -0.15) is 5.26 Å². The highest BCUT2D eigenvalue weighted by atomic mass is 32.1. The van der Waals surface area contributed by atoms with Gasteiger partial charge in [0.25, 0.3) is 5.56 Å². The maximum atomic E-state index is 13.1. The summed E-state index contributed by atoms with van der Waals surface area (Å²) in [6.07, 6.45) is 1.39. The van der Waals surface area contributed by atoms with Crippen LogP contribution in [0.2, 0.25) is 0 Å². The van der Waals surface area contributed by atoms with E-state index in [1.54, 1.807) is 0 Å². The first-order valence-corrected chi connectivity index (χ1v) is 10.4. The molecule has 0 amide bonds. The number of thiophene rings is 1. The lowest BCUT2D eigenvalue weighted by molar-refractivity contribution is -0.385. The molecule has 0 aliphatic rings. The van der Waals surface area contributed by atoms with Crippen molar-refractivity contribution in [3.8, 4) is 17.6 Å². The third-order valence-corrected chi connectivity index (χ3v) is 6.05. The average molecular weight is 462 g/mol. The number of aromatic amines is 1. The molecule has 0 radical (unpaired) electrons. The molecule has 2 heterocycles. The molecule has 0 aliphatic heterocycles. The fourth-order valence-electron chi connectivity index (χ4n) is 3.19. The molecule has 2 aromatic heterocycles. The molecule has 2 aromatic carbocycles. The molecule has 0 bridgehead atoms. The highest BCUT2D eigenvalue weighted by Crippen LogP contribution is 2.33. The lowest BCUT2D eigenvalue weighted by Crippen LogP contribution is -2.10. The fraction of sp³-hybridized carbons (Fsp3) is 0.0870. The normalized spacial score (nSPS) is 11.4. The zero-order chi connectivity index (χ0) is 23.7. The second kappa shape index (κ2) is 8.64. The van der Waals surface area contributed by atoms with Crippen LogP contribution < -0.4 is 10.3 Å². The minimum atomic E-state index is -0.619. The van der Waals surface area contributed by atoms with Crippen molar-refractivity contribution in [3.05, 3.63) is 90.6 Å². The Kier molecular flexibility index (Phi) is 5.72. The average Bonchev–Trinajstić information content (AvgIpc) is 3.08. The fourth-order valence-corrected chi connectivity index (χ4v) is 4.22. The number of nitriles is 1. The highest BCUT2D eigenvalue weighted by Gasteiger charge is 2.18. The molecule has 0 atom stereocenters. The monoisotopic (exact) mass is 462 g/mol. The summed E-state index contributed by atoms with van der Waals surface area (Å²) in [7, 11) is 0. The van der Waals surface area contributed by atoms with E-state index in [2.05, 4.69) is 9.97 Å². The number of nitrogens with one attached hydrogen (secondary N) is 1. The summed E-state index contributed by atoms with van der Waals surface area (Å²) in [5, 5.41) is 21.7. The highest BCUT2D eigenvalue weighted by molar-refractivity contribution is 7.18. The summed E-state index contributed by atoms with van der Waals surface area (Å²) in [6, 6.07) is 11.2. The van der Waals surface area contributed by atoms with Gasteiger partial charge in [0.15, 0.2) is 5.82 Å². The Balaban J connectivity index is 1.74. The van der Waals surface area contributed by atoms with Crippen LogP contribution in [0.1, 0.15) is 21.8 Å². The molecule has 0 aliphatic carbocycles. The van der Waals surface area contributed by atoms with Gasteiger partial charge in [-0.05, 0) is 61.4 Å². The molecule has 0 saturated heterocycles. The van der Waals surface area contributed by atoms with Crippen LogP contribution in [0.3, 0.4) is 0 Å². The molecule has 4 rings (SSSR count). The van der Waals surface area contributed by atoms with Crippen molar-refractivity contribution in [2.45, 2.75) is 13.8 Å². The van der Waals surface area contributed by atoms with E-state index in [1.165, 1.54) is 59.9 Å². The molecule has 10 heteroatoms. The first-order valence-electron chi connectivity index (χ1n) is 9.61. The smallest absolute Gasteiger partial charge is 0.312 e. The second-order valence-electron chi connectivity index (χ2n) is 7.09. The van der Waals surface area contributed by atoms with Crippen LogP contribution in [-0.2, 0) is 0 Å². The molecule has 0 spiro atoms. The summed E-state index contributed by atoms with van der Waals surface area (Å²) in [6.45, 7) is 3.72. The summed E-state index contributed by atoms with van der Waals surface area (Å²) in [5.41, 5.74) is 0.522. The molecule has 8 nitrogen and oxygen atoms in total. The topological polar surface area (TPSA) is 122 Å². The van der Waals surface area contributed by atoms with Gasteiger partial charge in [0.2, 0.25) is 5.75 Å². The number of hydrogen-bond donors (Lipinski definition) is 1. The third-order valence-electron chi connectivity index (χ3n) is 4.95. The van der Waals surface area contributed by atoms with E-state index in [9.17, 15) is 24.6 Å². The van der Waals surface area contributed by atoms with Crippen molar-refractivity contribution >= 4 is 38.9 Å². The van der Waals surface area contributed by atoms with Crippen molar-refractivity contribution in [3.63, 3.8) is 0 Å². The number of nitro benzene ring substituents is 1. The van der Waals surface area contributed by atoms with E-state index in [-0.39, 0.29) is 34.1 Å². The number of benzene rings is 2. The van der Waals surface area contributed by atoms with Crippen LogP contribution in [0.4, 0.5) is 10.1 Å². The van der Waals surface area contributed by atoms with Gasteiger partial charge in [0, 0.05) is 10.9 Å². The van der Waals surface area contributed by atoms with Crippen LogP contribution in [-0.4, -0.2) is 14.9 Å². The number of rotatable bonds is 5. The van der Waals surface area contributed by atoms with Gasteiger partial charge in [-0.25, -0.2) is 9.37 Å². The molecule has 1 N–H and O–H groups in total. The number of halogens is 1. The van der Waals surface area contributed by atoms with Crippen LogP contribution in [0.15, 0.2) is 47.3 Å². The zero-order valence-corrected chi connectivity index (χ0v) is 18.2.